The number of hydrogen-bond donors (Lipinski definition) is 6. The van der Waals surface area contributed by atoms with Crippen molar-refractivity contribution in [3.63, 3.8) is 0 Å². The van der Waals surface area contributed by atoms with Crippen molar-refractivity contribution in [2.24, 2.45) is 0 Å². The normalized spacial score (nSPS) is 40.5. The summed E-state index contributed by atoms with van der Waals surface area (Å²) in [6.45, 7) is 1.20. The molecule has 2 aliphatic rings. The van der Waals surface area contributed by atoms with Crippen LogP contribution in [-0.4, -0.2) is 141 Å². The second-order valence-corrected chi connectivity index (χ2v) is 9.07. The number of aliphatic hydroxyl groups excluding tert-OH is 6. The zero-order valence-corrected chi connectivity index (χ0v) is 21.6. The average molecular weight is 694 g/mol. The van der Waals surface area contributed by atoms with Crippen LogP contribution in [0.5, 0.6) is 0 Å². The standard InChI is InChI=1S/C18H32I2O12/c19-7-9-11(21)13(23)15(25)17(31-9)29-5-3-27-1-2-28-4-6-30-18-16(26)14(24)12(22)10(8-20)32-18/h9-18,21-26H,1-8H2/t9?,10?,11-,12-,13+,14+,15?,16?,17+,18+/m1/s1. The minimum absolute atomic E-state index is 0.116. The topological polar surface area (TPSA) is 177 Å². The summed E-state index contributed by atoms with van der Waals surface area (Å²) in [5.41, 5.74) is 0. The lowest BCUT2D eigenvalue weighted by Crippen LogP contribution is -2.58. The van der Waals surface area contributed by atoms with Crippen LogP contribution >= 0.6 is 45.2 Å². The van der Waals surface area contributed by atoms with E-state index in [0.717, 1.165) is 0 Å². The molecular formula is C18H32I2O12. The molecule has 0 aromatic carbocycles. The second-order valence-electron chi connectivity index (χ2n) is 7.30. The molecule has 0 saturated carbocycles. The number of ether oxygens (including phenoxy) is 6. The van der Waals surface area contributed by atoms with Crippen LogP contribution in [0.2, 0.25) is 0 Å². The minimum Gasteiger partial charge on any atom is -0.388 e. The molecule has 4 unspecified atom stereocenters. The van der Waals surface area contributed by atoms with E-state index in [0.29, 0.717) is 8.86 Å². The summed E-state index contributed by atoms with van der Waals surface area (Å²) in [7, 11) is 0. The molecule has 2 heterocycles. The van der Waals surface area contributed by atoms with E-state index in [1.807, 2.05) is 45.2 Å². The summed E-state index contributed by atoms with van der Waals surface area (Å²) in [6.07, 6.45) is -11.1. The summed E-state index contributed by atoms with van der Waals surface area (Å²) in [5.74, 6) is 0. The van der Waals surface area contributed by atoms with Crippen molar-refractivity contribution in [3.8, 4) is 0 Å². The summed E-state index contributed by atoms with van der Waals surface area (Å²) in [5, 5.41) is 59.1. The van der Waals surface area contributed by atoms with Gasteiger partial charge in [-0.05, 0) is 0 Å². The van der Waals surface area contributed by atoms with Gasteiger partial charge in [-0.1, -0.05) is 45.2 Å². The Morgan fingerprint density at radius 3 is 1.19 bits per heavy atom. The molecule has 14 heteroatoms. The quantitative estimate of drug-likeness (QED) is 0.0683. The number of rotatable bonds is 13. The van der Waals surface area contributed by atoms with Crippen LogP contribution in [-0.2, 0) is 28.4 Å². The fourth-order valence-electron chi connectivity index (χ4n) is 3.13. The molecule has 190 valence electrons. The molecule has 32 heavy (non-hydrogen) atoms. The maximum atomic E-state index is 9.92. The fourth-order valence-corrected chi connectivity index (χ4v) is 4.59. The van der Waals surface area contributed by atoms with Crippen molar-refractivity contribution >= 4 is 45.2 Å². The highest BCUT2D eigenvalue weighted by Gasteiger charge is 2.44. The lowest BCUT2D eigenvalue weighted by Gasteiger charge is -2.39. The third kappa shape index (κ3) is 8.28. The van der Waals surface area contributed by atoms with Crippen LogP contribution in [0.1, 0.15) is 0 Å². The summed E-state index contributed by atoms with van der Waals surface area (Å²) in [4.78, 5) is 0. The van der Waals surface area contributed by atoms with Crippen LogP contribution in [0.4, 0.5) is 0 Å². The predicted octanol–water partition coefficient (Wildman–Crippen LogP) is -2.46. The molecule has 12 nitrogen and oxygen atoms in total. The van der Waals surface area contributed by atoms with Crippen LogP contribution in [0.3, 0.4) is 0 Å². The SMILES string of the molecule is OC1[C@@H](OCCOCCOCCO[C@H]2OC(CI)[C@@H](O)[C@H](O)C2O)OC(CI)[C@@H](O)[C@@H]1O. The molecule has 0 radical (unpaired) electrons. The smallest absolute Gasteiger partial charge is 0.186 e. The van der Waals surface area contributed by atoms with E-state index in [-0.39, 0.29) is 39.6 Å². The Morgan fingerprint density at radius 1 is 0.500 bits per heavy atom. The van der Waals surface area contributed by atoms with Crippen LogP contribution in [0.15, 0.2) is 0 Å². The minimum atomic E-state index is -1.35. The average Bonchev–Trinajstić information content (AvgIpc) is 2.79. The molecule has 2 aliphatic heterocycles. The highest BCUT2D eigenvalue weighted by atomic mass is 127. The Balaban J connectivity index is 1.50. The third-order valence-electron chi connectivity index (χ3n) is 5.03. The predicted molar refractivity (Wildman–Crippen MR) is 125 cm³/mol. The van der Waals surface area contributed by atoms with Gasteiger partial charge in [-0.25, -0.2) is 0 Å². The summed E-state index contributed by atoms with van der Waals surface area (Å²) >= 11 is 4.03. The van der Waals surface area contributed by atoms with Gasteiger partial charge in [0, 0.05) is 8.86 Å². The molecule has 2 fully saturated rings. The van der Waals surface area contributed by atoms with Gasteiger partial charge in [-0.3, -0.25) is 0 Å². The number of halogens is 2. The maximum absolute atomic E-state index is 9.92. The molecule has 0 bridgehead atoms. The van der Waals surface area contributed by atoms with Gasteiger partial charge in [0.1, 0.15) is 36.6 Å². The third-order valence-corrected chi connectivity index (χ3v) is 6.77. The number of aliphatic hydroxyl groups is 6. The van der Waals surface area contributed by atoms with Gasteiger partial charge in [-0.15, -0.1) is 0 Å². The lowest BCUT2D eigenvalue weighted by molar-refractivity contribution is -0.293. The Hall–Kier alpha value is 0.980. The second kappa shape index (κ2) is 15.2. The molecule has 0 spiro atoms. The van der Waals surface area contributed by atoms with Crippen LogP contribution in [0.25, 0.3) is 0 Å². The molecule has 0 aromatic rings. The Kier molecular flexibility index (Phi) is 13.8. The number of hydrogen-bond acceptors (Lipinski definition) is 12. The molecule has 0 aromatic heterocycles. The molecule has 6 N–H and O–H groups in total. The largest absolute Gasteiger partial charge is 0.388 e. The Labute approximate surface area is 213 Å². The fraction of sp³-hybridized carbons (Fsp3) is 1.00. The zero-order chi connectivity index (χ0) is 23.7. The highest BCUT2D eigenvalue weighted by molar-refractivity contribution is 14.1. The van der Waals surface area contributed by atoms with Crippen molar-refractivity contribution in [1.29, 1.82) is 0 Å². The van der Waals surface area contributed by atoms with E-state index in [4.69, 9.17) is 28.4 Å². The molecule has 10 atom stereocenters. The Bertz CT molecular complexity index is 472. The molecule has 2 rings (SSSR count). The molecular weight excluding hydrogens is 662 g/mol. The first kappa shape index (κ1) is 29.2. The summed E-state index contributed by atoms with van der Waals surface area (Å²) in [6, 6.07) is 0. The lowest BCUT2D eigenvalue weighted by atomic mass is 10.0. The maximum Gasteiger partial charge on any atom is 0.186 e. The first-order chi connectivity index (χ1) is 15.3. The zero-order valence-electron chi connectivity index (χ0n) is 17.3. The van der Waals surface area contributed by atoms with Crippen LogP contribution < -0.4 is 0 Å². The van der Waals surface area contributed by atoms with Crippen molar-refractivity contribution in [1.82, 2.24) is 0 Å². The van der Waals surface area contributed by atoms with Gasteiger partial charge in [0.15, 0.2) is 12.6 Å². The molecule has 0 aliphatic carbocycles. The van der Waals surface area contributed by atoms with Gasteiger partial charge < -0.3 is 59.1 Å². The first-order valence-corrected chi connectivity index (χ1v) is 13.3. The van der Waals surface area contributed by atoms with E-state index < -0.39 is 61.4 Å². The van der Waals surface area contributed by atoms with Gasteiger partial charge in [0.25, 0.3) is 0 Å². The molecule has 0 amide bonds. The van der Waals surface area contributed by atoms with E-state index in [1.165, 1.54) is 0 Å². The van der Waals surface area contributed by atoms with E-state index in [2.05, 4.69) is 0 Å². The summed E-state index contributed by atoms with van der Waals surface area (Å²) < 4.78 is 33.3. The Morgan fingerprint density at radius 2 is 0.844 bits per heavy atom. The van der Waals surface area contributed by atoms with Gasteiger partial charge >= 0.3 is 0 Å². The van der Waals surface area contributed by atoms with E-state index >= 15 is 0 Å². The van der Waals surface area contributed by atoms with Crippen molar-refractivity contribution in [3.05, 3.63) is 0 Å². The van der Waals surface area contributed by atoms with Gasteiger partial charge in [0.2, 0.25) is 0 Å². The van der Waals surface area contributed by atoms with E-state index in [1.54, 1.807) is 0 Å². The van der Waals surface area contributed by atoms with Gasteiger partial charge in [-0.2, -0.15) is 0 Å². The van der Waals surface area contributed by atoms with E-state index in [9.17, 15) is 30.6 Å². The van der Waals surface area contributed by atoms with Crippen molar-refractivity contribution in [2.75, 3.05) is 48.5 Å². The van der Waals surface area contributed by atoms with Gasteiger partial charge in [0.05, 0.1) is 51.8 Å². The highest BCUT2D eigenvalue weighted by Crippen LogP contribution is 2.24. The number of alkyl halides is 2. The monoisotopic (exact) mass is 694 g/mol. The molecule has 2 saturated heterocycles. The van der Waals surface area contributed by atoms with Crippen LogP contribution in [0, 0.1) is 0 Å². The van der Waals surface area contributed by atoms with Crippen molar-refractivity contribution < 1.29 is 59.1 Å². The van der Waals surface area contributed by atoms with Crippen molar-refractivity contribution in [2.45, 2.75) is 61.4 Å². The first-order valence-electron chi connectivity index (χ1n) is 10.2.